The first kappa shape index (κ1) is 18.4. The summed E-state index contributed by atoms with van der Waals surface area (Å²) in [5.41, 5.74) is 0.894. The van der Waals surface area contributed by atoms with E-state index in [9.17, 15) is 9.59 Å². The molecule has 0 radical (unpaired) electrons. The van der Waals surface area contributed by atoms with Crippen molar-refractivity contribution in [3.05, 3.63) is 40.4 Å². The highest BCUT2D eigenvalue weighted by atomic mass is 79.9. The van der Waals surface area contributed by atoms with Gasteiger partial charge in [0.1, 0.15) is 6.54 Å². The predicted molar refractivity (Wildman–Crippen MR) is 88.3 cm³/mol. The first-order valence-electron chi connectivity index (χ1n) is 6.94. The second-order valence-electron chi connectivity index (χ2n) is 4.45. The Balaban J connectivity index is 2.71. The van der Waals surface area contributed by atoms with E-state index in [1.807, 2.05) is 24.3 Å². The number of carbonyl (C=O) groups excluding carboxylic acids is 2. The topological polar surface area (TPSA) is 55.8 Å². The second kappa shape index (κ2) is 10.1. The van der Waals surface area contributed by atoms with E-state index < -0.39 is 5.97 Å². The zero-order valence-corrected chi connectivity index (χ0v) is 14.3. The van der Waals surface area contributed by atoms with Crippen LogP contribution in [0.5, 0.6) is 0 Å². The summed E-state index contributed by atoms with van der Waals surface area (Å²) in [6.07, 6.45) is 3.15. The van der Waals surface area contributed by atoms with E-state index in [-0.39, 0.29) is 12.5 Å². The number of amides is 1. The lowest BCUT2D eigenvalue weighted by atomic mass is 10.2. The summed E-state index contributed by atoms with van der Waals surface area (Å²) in [4.78, 5) is 25.2. The van der Waals surface area contributed by atoms with Crippen LogP contribution in [0.25, 0.3) is 6.08 Å². The van der Waals surface area contributed by atoms with Gasteiger partial charge in [-0.2, -0.15) is 0 Å². The van der Waals surface area contributed by atoms with Gasteiger partial charge in [-0.1, -0.05) is 28.1 Å². The number of benzene rings is 1. The molecular weight excluding hydrogens is 350 g/mol. The van der Waals surface area contributed by atoms with Crippen molar-refractivity contribution in [1.29, 1.82) is 0 Å². The monoisotopic (exact) mass is 369 g/mol. The van der Waals surface area contributed by atoms with Crippen molar-refractivity contribution in [3.8, 4) is 0 Å². The summed E-state index contributed by atoms with van der Waals surface area (Å²) in [6.45, 7) is 2.62. The Labute approximate surface area is 139 Å². The molecule has 0 saturated carbocycles. The van der Waals surface area contributed by atoms with Crippen LogP contribution in [-0.4, -0.2) is 50.2 Å². The van der Waals surface area contributed by atoms with Gasteiger partial charge in [0.15, 0.2) is 0 Å². The Kier molecular flexibility index (Phi) is 8.47. The van der Waals surface area contributed by atoms with E-state index in [4.69, 9.17) is 9.47 Å². The fourth-order valence-corrected chi connectivity index (χ4v) is 2.13. The van der Waals surface area contributed by atoms with Gasteiger partial charge in [0.25, 0.3) is 0 Å². The highest BCUT2D eigenvalue weighted by Crippen LogP contribution is 2.12. The third-order valence-electron chi connectivity index (χ3n) is 2.77. The number of halogens is 1. The van der Waals surface area contributed by atoms with Crippen molar-refractivity contribution in [2.75, 3.05) is 33.4 Å². The molecule has 0 unspecified atom stereocenters. The summed E-state index contributed by atoms with van der Waals surface area (Å²) in [6, 6.07) is 7.58. The molecule has 1 rings (SSSR count). The van der Waals surface area contributed by atoms with E-state index in [1.165, 1.54) is 11.0 Å². The Morgan fingerprint density at radius 1 is 1.36 bits per heavy atom. The SMILES string of the molecule is CCOC(=O)CN(CCOC)C(=O)/C=C/c1cccc(Br)c1. The summed E-state index contributed by atoms with van der Waals surface area (Å²) < 4.78 is 10.8. The molecule has 0 spiro atoms. The van der Waals surface area contributed by atoms with Crippen LogP contribution >= 0.6 is 15.9 Å². The molecule has 6 heteroatoms. The van der Waals surface area contributed by atoms with Crippen molar-refractivity contribution >= 4 is 33.9 Å². The zero-order chi connectivity index (χ0) is 16.4. The minimum absolute atomic E-state index is 0.0845. The molecule has 0 N–H and O–H groups in total. The molecule has 1 amide bonds. The molecule has 1 aromatic carbocycles. The van der Waals surface area contributed by atoms with Crippen LogP contribution in [-0.2, 0) is 19.1 Å². The highest BCUT2D eigenvalue weighted by Gasteiger charge is 2.15. The van der Waals surface area contributed by atoms with Crippen LogP contribution in [0.15, 0.2) is 34.8 Å². The summed E-state index contributed by atoms with van der Waals surface area (Å²) in [5.74, 6) is -0.687. The third-order valence-corrected chi connectivity index (χ3v) is 3.26. The molecule has 0 aliphatic carbocycles. The van der Waals surface area contributed by atoms with E-state index in [2.05, 4.69) is 15.9 Å². The number of carbonyl (C=O) groups is 2. The minimum atomic E-state index is -0.428. The van der Waals surface area contributed by atoms with Crippen molar-refractivity contribution in [2.45, 2.75) is 6.92 Å². The van der Waals surface area contributed by atoms with Crippen molar-refractivity contribution in [2.24, 2.45) is 0 Å². The van der Waals surface area contributed by atoms with Crippen molar-refractivity contribution < 1.29 is 19.1 Å². The molecule has 0 aliphatic rings. The predicted octanol–water partition coefficient (Wildman–Crippen LogP) is 2.50. The van der Waals surface area contributed by atoms with E-state index >= 15 is 0 Å². The molecule has 0 heterocycles. The second-order valence-corrected chi connectivity index (χ2v) is 5.36. The van der Waals surface area contributed by atoms with Crippen LogP contribution in [0.1, 0.15) is 12.5 Å². The van der Waals surface area contributed by atoms with Gasteiger partial charge < -0.3 is 14.4 Å². The number of methoxy groups -OCH3 is 1. The number of hydrogen-bond donors (Lipinski definition) is 0. The quantitative estimate of drug-likeness (QED) is 0.521. The zero-order valence-electron chi connectivity index (χ0n) is 12.8. The molecule has 0 bridgehead atoms. The first-order chi connectivity index (χ1) is 10.6. The van der Waals surface area contributed by atoms with Gasteiger partial charge in [-0.05, 0) is 30.7 Å². The lowest BCUT2D eigenvalue weighted by molar-refractivity contribution is -0.148. The van der Waals surface area contributed by atoms with E-state index in [0.717, 1.165) is 10.0 Å². The molecule has 0 aliphatic heterocycles. The van der Waals surface area contributed by atoms with Gasteiger partial charge in [-0.25, -0.2) is 0 Å². The number of hydrogen-bond acceptors (Lipinski definition) is 4. The smallest absolute Gasteiger partial charge is 0.325 e. The summed E-state index contributed by atoms with van der Waals surface area (Å²) in [7, 11) is 1.55. The Bertz CT molecular complexity index is 531. The largest absolute Gasteiger partial charge is 0.465 e. The Hall–Kier alpha value is -1.66. The maximum absolute atomic E-state index is 12.2. The Morgan fingerprint density at radius 3 is 2.77 bits per heavy atom. The molecule has 0 saturated heterocycles. The lowest BCUT2D eigenvalue weighted by Gasteiger charge is -2.19. The van der Waals surface area contributed by atoms with Crippen LogP contribution in [0.2, 0.25) is 0 Å². The molecule has 0 fully saturated rings. The van der Waals surface area contributed by atoms with Crippen LogP contribution in [0.3, 0.4) is 0 Å². The molecule has 1 aromatic rings. The average molecular weight is 370 g/mol. The van der Waals surface area contributed by atoms with Gasteiger partial charge in [-0.3, -0.25) is 9.59 Å². The molecule has 0 aromatic heterocycles. The van der Waals surface area contributed by atoms with Gasteiger partial charge in [0, 0.05) is 24.2 Å². The van der Waals surface area contributed by atoms with Gasteiger partial charge in [0.05, 0.1) is 13.2 Å². The van der Waals surface area contributed by atoms with Gasteiger partial charge in [-0.15, -0.1) is 0 Å². The maximum Gasteiger partial charge on any atom is 0.325 e. The van der Waals surface area contributed by atoms with Gasteiger partial charge >= 0.3 is 5.97 Å². The van der Waals surface area contributed by atoms with E-state index in [0.29, 0.717) is 19.8 Å². The van der Waals surface area contributed by atoms with Crippen LogP contribution in [0, 0.1) is 0 Å². The number of nitrogens with zero attached hydrogens (tertiary/aromatic N) is 1. The Morgan fingerprint density at radius 2 is 2.14 bits per heavy atom. The fraction of sp³-hybridized carbons (Fsp3) is 0.375. The summed E-state index contributed by atoms with van der Waals surface area (Å²) >= 11 is 3.38. The van der Waals surface area contributed by atoms with Crippen LogP contribution in [0.4, 0.5) is 0 Å². The summed E-state index contributed by atoms with van der Waals surface area (Å²) in [5, 5.41) is 0. The standard InChI is InChI=1S/C16H20BrNO4/c1-3-22-16(20)12-18(9-10-21-2)15(19)8-7-13-5-4-6-14(17)11-13/h4-8,11H,3,9-10,12H2,1-2H3/b8-7+. The molecular formula is C16H20BrNO4. The lowest BCUT2D eigenvalue weighted by Crippen LogP contribution is -2.37. The fourth-order valence-electron chi connectivity index (χ4n) is 1.71. The number of ether oxygens (including phenoxy) is 2. The van der Waals surface area contributed by atoms with Gasteiger partial charge in [0.2, 0.25) is 5.91 Å². The minimum Gasteiger partial charge on any atom is -0.465 e. The van der Waals surface area contributed by atoms with Crippen molar-refractivity contribution in [1.82, 2.24) is 4.90 Å². The average Bonchev–Trinajstić information content (AvgIpc) is 2.49. The number of esters is 1. The number of rotatable bonds is 8. The normalized spacial score (nSPS) is 10.7. The highest BCUT2D eigenvalue weighted by molar-refractivity contribution is 9.10. The molecule has 0 atom stereocenters. The van der Waals surface area contributed by atoms with Crippen LogP contribution < -0.4 is 0 Å². The van der Waals surface area contributed by atoms with Crippen molar-refractivity contribution in [3.63, 3.8) is 0 Å². The maximum atomic E-state index is 12.2. The molecule has 5 nitrogen and oxygen atoms in total. The third kappa shape index (κ3) is 6.87. The molecule has 120 valence electrons. The van der Waals surface area contributed by atoms with E-state index in [1.54, 1.807) is 20.1 Å². The molecule has 22 heavy (non-hydrogen) atoms. The first-order valence-corrected chi connectivity index (χ1v) is 7.73.